The van der Waals surface area contributed by atoms with Crippen LogP contribution in [-0.2, 0) is 4.74 Å². The fraction of sp³-hybridized carbons (Fsp3) is 0.409. The van der Waals surface area contributed by atoms with Crippen molar-refractivity contribution in [2.24, 2.45) is 11.0 Å². The van der Waals surface area contributed by atoms with Crippen molar-refractivity contribution in [2.75, 3.05) is 20.3 Å². The molecule has 1 saturated heterocycles. The molecule has 1 fully saturated rings. The molecule has 0 spiro atoms. The Morgan fingerprint density at radius 1 is 1.15 bits per heavy atom. The molecular formula is C22H28N2O2. The number of aliphatic hydroxyl groups is 1. The van der Waals surface area contributed by atoms with Crippen LogP contribution in [0.4, 0.5) is 0 Å². The third-order valence-electron chi connectivity index (χ3n) is 5.06. The number of nitrogens with zero attached hydrogens (tertiary/aromatic N) is 2. The lowest BCUT2D eigenvalue weighted by molar-refractivity contribution is 0.115. The fourth-order valence-electron chi connectivity index (χ4n) is 3.56. The van der Waals surface area contributed by atoms with Crippen LogP contribution >= 0.6 is 0 Å². The van der Waals surface area contributed by atoms with Crippen LogP contribution in [0.25, 0.3) is 0 Å². The van der Waals surface area contributed by atoms with Gasteiger partial charge in [-0.2, -0.15) is 5.10 Å². The van der Waals surface area contributed by atoms with Crippen molar-refractivity contribution in [1.82, 2.24) is 5.01 Å². The van der Waals surface area contributed by atoms with Crippen LogP contribution in [0.5, 0.6) is 0 Å². The van der Waals surface area contributed by atoms with E-state index in [0.29, 0.717) is 12.6 Å². The Labute approximate surface area is 156 Å². The second-order valence-electron chi connectivity index (χ2n) is 6.91. The first-order valence-corrected chi connectivity index (χ1v) is 9.33. The smallest absolute Gasteiger partial charge is 0.0871 e. The predicted molar refractivity (Wildman–Crippen MR) is 105 cm³/mol. The Morgan fingerprint density at radius 2 is 1.81 bits per heavy atom. The van der Waals surface area contributed by atoms with Gasteiger partial charge in [0.25, 0.3) is 0 Å². The van der Waals surface area contributed by atoms with Gasteiger partial charge in [-0.25, -0.2) is 0 Å². The molecule has 0 bridgehead atoms. The number of hydrogen-bond acceptors (Lipinski definition) is 4. The molecule has 1 aliphatic heterocycles. The van der Waals surface area contributed by atoms with E-state index < -0.39 is 6.10 Å². The third kappa shape index (κ3) is 4.32. The number of hydrogen-bond donors (Lipinski definition) is 1. The summed E-state index contributed by atoms with van der Waals surface area (Å²) < 4.78 is 5.36. The van der Waals surface area contributed by atoms with E-state index >= 15 is 0 Å². The maximum absolute atomic E-state index is 10.9. The molecule has 0 aliphatic carbocycles. The minimum atomic E-state index is -0.598. The van der Waals surface area contributed by atoms with Gasteiger partial charge in [0, 0.05) is 19.6 Å². The van der Waals surface area contributed by atoms with Crippen molar-refractivity contribution in [2.45, 2.75) is 31.9 Å². The Bertz CT molecular complexity index is 703. The standard InChI is InChI=1S/C22H28N2O2/c1-17(22(25)19-12-7-4-8-13-19)21(18-10-5-3-6-11-18)23-24-15-9-14-20(24)16-26-2/h3-8,10-13,17,20,22,25H,9,14-16H2,1-2H3/b23-21-/t17-,20+,22+/m1/s1. The molecule has 2 aromatic carbocycles. The Morgan fingerprint density at radius 3 is 2.46 bits per heavy atom. The number of aliphatic hydroxyl groups excluding tert-OH is 1. The summed E-state index contributed by atoms with van der Waals surface area (Å²) in [5.74, 6) is -0.122. The monoisotopic (exact) mass is 352 g/mol. The highest BCUT2D eigenvalue weighted by molar-refractivity contribution is 6.02. The molecule has 0 saturated carbocycles. The van der Waals surface area contributed by atoms with Crippen LogP contribution in [0.2, 0.25) is 0 Å². The van der Waals surface area contributed by atoms with Gasteiger partial charge in [0.1, 0.15) is 0 Å². The fourth-order valence-corrected chi connectivity index (χ4v) is 3.56. The van der Waals surface area contributed by atoms with Crippen LogP contribution < -0.4 is 0 Å². The van der Waals surface area contributed by atoms with E-state index in [1.807, 2.05) is 55.5 Å². The highest BCUT2D eigenvalue weighted by Crippen LogP contribution is 2.27. The summed E-state index contributed by atoms with van der Waals surface area (Å²) in [6.45, 7) is 3.66. The average Bonchev–Trinajstić information content (AvgIpc) is 3.13. The molecule has 1 heterocycles. The van der Waals surface area contributed by atoms with Gasteiger partial charge in [-0.3, -0.25) is 5.01 Å². The minimum absolute atomic E-state index is 0.122. The molecule has 2 aromatic rings. The highest BCUT2D eigenvalue weighted by Gasteiger charge is 2.27. The zero-order valence-corrected chi connectivity index (χ0v) is 15.6. The molecule has 3 atom stereocenters. The number of rotatable bonds is 7. The summed E-state index contributed by atoms with van der Waals surface area (Å²) in [4.78, 5) is 0. The zero-order valence-electron chi connectivity index (χ0n) is 15.6. The lowest BCUT2D eigenvalue weighted by Gasteiger charge is -2.26. The van der Waals surface area contributed by atoms with Crippen molar-refractivity contribution in [3.05, 3.63) is 71.8 Å². The molecule has 0 unspecified atom stereocenters. The van der Waals surface area contributed by atoms with Gasteiger partial charge < -0.3 is 9.84 Å². The molecule has 0 radical (unpaired) electrons. The number of ether oxygens (including phenoxy) is 1. The maximum atomic E-state index is 10.9. The predicted octanol–water partition coefficient (Wildman–Crippen LogP) is 3.87. The number of methoxy groups -OCH3 is 1. The number of benzene rings is 2. The molecule has 1 aliphatic rings. The quantitative estimate of drug-likeness (QED) is 0.770. The van der Waals surface area contributed by atoms with E-state index in [1.165, 1.54) is 0 Å². The summed E-state index contributed by atoms with van der Waals surface area (Å²) in [6.07, 6.45) is 1.61. The van der Waals surface area contributed by atoms with E-state index in [0.717, 1.165) is 36.2 Å². The van der Waals surface area contributed by atoms with Crippen molar-refractivity contribution in [1.29, 1.82) is 0 Å². The van der Waals surface area contributed by atoms with Gasteiger partial charge in [0.15, 0.2) is 0 Å². The van der Waals surface area contributed by atoms with Gasteiger partial charge in [0.2, 0.25) is 0 Å². The van der Waals surface area contributed by atoms with Gasteiger partial charge in [-0.1, -0.05) is 67.6 Å². The van der Waals surface area contributed by atoms with E-state index in [-0.39, 0.29) is 5.92 Å². The largest absolute Gasteiger partial charge is 0.388 e. The summed E-state index contributed by atoms with van der Waals surface area (Å²) in [7, 11) is 1.74. The van der Waals surface area contributed by atoms with Crippen molar-refractivity contribution < 1.29 is 9.84 Å². The molecule has 1 N–H and O–H groups in total. The maximum Gasteiger partial charge on any atom is 0.0871 e. The second-order valence-corrected chi connectivity index (χ2v) is 6.91. The Kier molecular flexibility index (Phi) is 6.42. The van der Waals surface area contributed by atoms with Crippen LogP contribution in [0, 0.1) is 5.92 Å². The Hall–Kier alpha value is -2.17. The third-order valence-corrected chi connectivity index (χ3v) is 5.06. The molecule has 26 heavy (non-hydrogen) atoms. The van der Waals surface area contributed by atoms with Crippen molar-refractivity contribution in [3.63, 3.8) is 0 Å². The first-order chi connectivity index (χ1) is 12.7. The average molecular weight is 352 g/mol. The molecule has 0 amide bonds. The zero-order chi connectivity index (χ0) is 18.4. The molecule has 4 heteroatoms. The molecule has 138 valence electrons. The van der Waals surface area contributed by atoms with E-state index in [9.17, 15) is 5.11 Å². The molecule has 3 rings (SSSR count). The number of hydrazone groups is 1. The van der Waals surface area contributed by atoms with Crippen LogP contribution in [0.3, 0.4) is 0 Å². The summed E-state index contributed by atoms with van der Waals surface area (Å²) in [5, 5.41) is 18.1. The molecule has 4 nitrogen and oxygen atoms in total. The van der Waals surface area contributed by atoms with Crippen molar-refractivity contribution >= 4 is 5.71 Å². The summed E-state index contributed by atoms with van der Waals surface area (Å²) in [6, 6.07) is 20.3. The lowest BCUT2D eigenvalue weighted by Crippen LogP contribution is -2.32. The minimum Gasteiger partial charge on any atom is -0.388 e. The first-order valence-electron chi connectivity index (χ1n) is 9.33. The molecular weight excluding hydrogens is 324 g/mol. The summed E-state index contributed by atoms with van der Waals surface area (Å²) in [5.41, 5.74) is 2.89. The lowest BCUT2D eigenvalue weighted by atomic mass is 9.89. The van der Waals surface area contributed by atoms with Crippen LogP contribution in [0.15, 0.2) is 65.8 Å². The Balaban J connectivity index is 1.92. The highest BCUT2D eigenvalue weighted by atomic mass is 16.5. The van der Waals surface area contributed by atoms with E-state index in [4.69, 9.17) is 9.84 Å². The SMILES string of the molecule is COC[C@@H]1CCCN1/N=C(\c1ccccc1)[C@@H](C)[C@H](O)c1ccccc1. The topological polar surface area (TPSA) is 45.1 Å². The normalized spacial score (nSPS) is 20.2. The summed E-state index contributed by atoms with van der Waals surface area (Å²) >= 11 is 0. The first kappa shape index (κ1) is 18.6. The van der Waals surface area contributed by atoms with Gasteiger partial charge in [-0.05, 0) is 24.0 Å². The molecule has 0 aromatic heterocycles. The van der Waals surface area contributed by atoms with Gasteiger partial charge >= 0.3 is 0 Å². The van der Waals surface area contributed by atoms with Crippen LogP contribution in [-0.4, -0.2) is 42.1 Å². The van der Waals surface area contributed by atoms with Gasteiger partial charge in [0.05, 0.1) is 24.5 Å². The van der Waals surface area contributed by atoms with Gasteiger partial charge in [-0.15, -0.1) is 0 Å². The van der Waals surface area contributed by atoms with E-state index in [2.05, 4.69) is 17.1 Å². The second kappa shape index (κ2) is 8.97. The van der Waals surface area contributed by atoms with Crippen LogP contribution in [0.1, 0.15) is 37.0 Å². The van der Waals surface area contributed by atoms with Crippen molar-refractivity contribution in [3.8, 4) is 0 Å². The van der Waals surface area contributed by atoms with E-state index in [1.54, 1.807) is 7.11 Å².